The molecule has 0 radical (unpaired) electrons. The van der Waals surface area contributed by atoms with E-state index in [2.05, 4.69) is 35.2 Å². The van der Waals surface area contributed by atoms with Gasteiger partial charge in [-0.3, -0.25) is 4.90 Å². The molecule has 0 aromatic heterocycles. The van der Waals surface area contributed by atoms with Crippen molar-refractivity contribution in [3.63, 3.8) is 0 Å². The quantitative estimate of drug-likeness (QED) is 0.809. The van der Waals surface area contributed by atoms with E-state index in [1.54, 1.807) is 12.1 Å². The molecule has 1 fully saturated rings. The Balaban J connectivity index is 1.37. The van der Waals surface area contributed by atoms with Crippen LogP contribution < -0.4 is 9.88 Å². The summed E-state index contributed by atoms with van der Waals surface area (Å²) in [5.41, 5.74) is 1.43. The number of nitrogens with zero attached hydrogens (tertiary/aromatic N) is 1. The third kappa shape index (κ3) is 5.56. The Hall–Kier alpha value is -1.89. The first kappa shape index (κ1) is 18.9. The van der Waals surface area contributed by atoms with E-state index in [9.17, 15) is 8.42 Å². The molecule has 1 aliphatic rings. The van der Waals surface area contributed by atoms with Crippen molar-refractivity contribution in [1.29, 1.82) is 0 Å². The highest BCUT2D eigenvalue weighted by Gasteiger charge is 2.19. The number of ether oxygens (including phenoxy) is 1. The minimum Gasteiger partial charge on any atom is -0.492 e. The normalized spacial score (nSPS) is 16.5. The first-order chi connectivity index (χ1) is 12.5. The van der Waals surface area contributed by atoms with Gasteiger partial charge in [0, 0.05) is 6.54 Å². The molecule has 0 aliphatic carbocycles. The average Bonchev–Trinajstić information content (AvgIpc) is 2.64. The number of hydrogen-bond donors (Lipinski definition) is 1. The summed E-state index contributed by atoms with van der Waals surface area (Å²) in [6, 6.07) is 16.9. The van der Waals surface area contributed by atoms with E-state index >= 15 is 0 Å². The van der Waals surface area contributed by atoms with Crippen molar-refractivity contribution in [3.05, 3.63) is 60.2 Å². The van der Waals surface area contributed by atoms with Gasteiger partial charge in [-0.1, -0.05) is 30.3 Å². The highest BCUT2D eigenvalue weighted by molar-refractivity contribution is 7.89. The van der Waals surface area contributed by atoms with Gasteiger partial charge in [-0.25, -0.2) is 13.6 Å². The number of rotatable bonds is 7. The van der Waals surface area contributed by atoms with Crippen LogP contribution in [0.25, 0.3) is 0 Å². The lowest BCUT2D eigenvalue weighted by Gasteiger charge is -2.31. The summed E-state index contributed by atoms with van der Waals surface area (Å²) < 4.78 is 28.2. The Kier molecular flexibility index (Phi) is 6.29. The van der Waals surface area contributed by atoms with E-state index in [0.717, 1.165) is 25.6 Å². The SMILES string of the molecule is NS(=O)(=O)c1ccc(OCCN2CCC(Cc3ccccc3)CC2)cc1. The van der Waals surface area contributed by atoms with Gasteiger partial charge in [-0.2, -0.15) is 0 Å². The monoisotopic (exact) mass is 374 g/mol. The fourth-order valence-electron chi connectivity index (χ4n) is 3.38. The van der Waals surface area contributed by atoms with Crippen LogP contribution in [0.5, 0.6) is 5.75 Å². The van der Waals surface area contributed by atoms with E-state index in [1.807, 2.05) is 0 Å². The Morgan fingerprint density at radius 3 is 2.27 bits per heavy atom. The second-order valence-corrected chi connectivity index (χ2v) is 8.40. The molecule has 0 amide bonds. The fraction of sp³-hybridized carbons (Fsp3) is 0.400. The van der Waals surface area contributed by atoms with Crippen LogP contribution in [0.15, 0.2) is 59.5 Å². The van der Waals surface area contributed by atoms with Crippen LogP contribution in [0.1, 0.15) is 18.4 Å². The van der Waals surface area contributed by atoms with Gasteiger partial charge in [-0.15, -0.1) is 0 Å². The Bertz CT molecular complexity index is 784. The predicted octanol–water partition coefficient (Wildman–Crippen LogP) is 2.67. The summed E-state index contributed by atoms with van der Waals surface area (Å²) in [5.74, 6) is 1.43. The smallest absolute Gasteiger partial charge is 0.238 e. The molecule has 0 atom stereocenters. The van der Waals surface area contributed by atoms with Gasteiger partial charge in [0.1, 0.15) is 12.4 Å². The van der Waals surface area contributed by atoms with Crippen molar-refractivity contribution >= 4 is 10.0 Å². The maximum absolute atomic E-state index is 11.2. The zero-order valence-corrected chi connectivity index (χ0v) is 15.7. The van der Waals surface area contributed by atoms with E-state index in [-0.39, 0.29) is 4.90 Å². The molecule has 1 saturated heterocycles. The highest BCUT2D eigenvalue weighted by Crippen LogP contribution is 2.21. The molecule has 0 bridgehead atoms. The zero-order valence-electron chi connectivity index (χ0n) is 14.9. The van der Waals surface area contributed by atoms with Crippen molar-refractivity contribution in [1.82, 2.24) is 4.90 Å². The van der Waals surface area contributed by atoms with E-state index in [0.29, 0.717) is 12.4 Å². The van der Waals surface area contributed by atoms with Crippen molar-refractivity contribution in [3.8, 4) is 5.75 Å². The molecule has 1 heterocycles. The maximum atomic E-state index is 11.2. The van der Waals surface area contributed by atoms with Crippen LogP contribution >= 0.6 is 0 Å². The van der Waals surface area contributed by atoms with Crippen LogP contribution in [0.2, 0.25) is 0 Å². The van der Waals surface area contributed by atoms with Crippen molar-refractivity contribution in [2.45, 2.75) is 24.2 Å². The number of hydrogen-bond acceptors (Lipinski definition) is 4. The van der Waals surface area contributed by atoms with Gasteiger partial charge in [0.2, 0.25) is 10.0 Å². The molecule has 6 heteroatoms. The first-order valence-electron chi connectivity index (χ1n) is 9.02. The topological polar surface area (TPSA) is 72.6 Å². The van der Waals surface area contributed by atoms with Crippen LogP contribution in [-0.2, 0) is 16.4 Å². The summed E-state index contributed by atoms with van der Waals surface area (Å²) >= 11 is 0. The number of sulfonamides is 1. The van der Waals surface area contributed by atoms with Crippen molar-refractivity contribution < 1.29 is 13.2 Å². The van der Waals surface area contributed by atoms with E-state index in [4.69, 9.17) is 9.88 Å². The third-order valence-electron chi connectivity index (χ3n) is 4.90. The Morgan fingerprint density at radius 2 is 1.65 bits per heavy atom. The standard InChI is InChI=1S/C20H26N2O3S/c21-26(23,24)20-8-6-19(7-9-20)25-15-14-22-12-10-18(11-13-22)16-17-4-2-1-3-5-17/h1-9,18H,10-16H2,(H2,21,23,24). The molecule has 0 unspecified atom stereocenters. The summed E-state index contributed by atoms with van der Waals surface area (Å²) in [5, 5.41) is 5.09. The number of primary sulfonamides is 1. The number of nitrogens with two attached hydrogens (primary N) is 1. The second kappa shape index (κ2) is 8.66. The summed E-state index contributed by atoms with van der Waals surface area (Å²) in [4.78, 5) is 2.53. The van der Waals surface area contributed by atoms with Crippen LogP contribution in [0, 0.1) is 5.92 Å². The lowest BCUT2D eigenvalue weighted by Crippen LogP contribution is -2.37. The first-order valence-corrected chi connectivity index (χ1v) is 10.6. The largest absolute Gasteiger partial charge is 0.492 e. The summed E-state index contributed by atoms with van der Waals surface area (Å²) in [6.07, 6.45) is 3.61. The molecule has 5 nitrogen and oxygen atoms in total. The Labute approximate surface area is 155 Å². The molecule has 3 rings (SSSR count). The lowest BCUT2D eigenvalue weighted by molar-refractivity contribution is 0.155. The molecular weight excluding hydrogens is 348 g/mol. The average molecular weight is 375 g/mol. The van der Waals surface area contributed by atoms with Gasteiger partial charge in [0.15, 0.2) is 0 Å². The molecule has 0 spiro atoms. The number of likely N-dealkylation sites (tertiary alicyclic amines) is 1. The minimum absolute atomic E-state index is 0.102. The van der Waals surface area contributed by atoms with E-state index < -0.39 is 10.0 Å². The highest BCUT2D eigenvalue weighted by atomic mass is 32.2. The zero-order chi connectivity index (χ0) is 18.4. The van der Waals surface area contributed by atoms with E-state index in [1.165, 1.54) is 37.0 Å². The number of piperidine rings is 1. The van der Waals surface area contributed by atoms with Gasteiger partial charge in [0.25, 0.3) is 0 Å². The molecule has 140 valence electrons. The maximum Gasteiger partial charge on any atom is 0.238 e. The van der Waals surface area contributed by atoms with Crippen LogP contribution in [0.4, 0.5) is 0 Å². The second-order valence-electron chi connectivity index (χ2n) is 6.84. The van der Waals surface area contributed by atoms with Crippen molar-refractivity contribution in [2.75, 3.05) is 26.2 Å². The van der Waals surface area contributed by atoms with Gasteiger partial charge in [0.05, 0.1) is 4.90 Å². The van der Waals surface area contributed by atoms with Gasteiger partial charge >= 0.3 is 0 Å². The Morgan fingerprint density at radius 1 is 1.00 bits per heavy atom. The van der Waals surface area contributed by atoms with Crippen LogP contribution in [0.3, 0.4) is 0 Å². The van der Waals surface area contributed by atoms with Crippen LogP contribution in [-0.4, -0.2) is 39.6 Å². The molecule has 2 aromatic carbocycles. The summed E-state index contributed by atoms with van der Waals surface area (Å²) in [6.45, 7) is 3.68. The summed E-state index contributed by atoms with van der Waals surface area (Å²) in [7, 11) is -3.65. The fourth-order valence-corrected chi connectivity index (χ4v) is 3.90. The predicted molar refractivity (Wildman–Crippen MR) is 103 cm³/mol. The molecule has 2 aromatic rings. The molecular formula is C20H26N2O3S. The molecule has 26 heavy (non-hydrogen) atoms. The molecule has 0 saturated carbocycles. The molecule has 2 N–H and O–H groups in total. The van der Waals surface area contributed by atoms with Crippen molar-refractivity contribution in [2.24, 2.45) is 11.1 Å². The van der Waals surface area contributed by atoms with Gasteiger partial charge in [-0.05, 0) is 68.1 Å². The third-order valence-corrected chi connectivity index (χ3v) is 5.83. The van der Waals surface area contributed by atoms with Gasteiger partial charge < -0.3 is 4.74 Å². The molecule has 1 aliphatic heterocycles. The number of benzene rings is 2. The lowest BCUT2D eigenvalue weighted by atomic mass is 9.90. The minimum atomic E-state index is -3.65.